The second-order valence-electron chi connectivity index (χ2n) is 5.94. The molecule has 3 rings (SSSR count). The van der Waals surface area contributed by atoms with Crippen LogP contribution in [0.3, 0.4) is 0 Å². The smallest absolute Gasteiger partial charge is 0.255 e. The van der Waals surface area contributed by atoms with Gasteiger partial charge >= 0.3 is 0 Å². The molecular weight excluding hydrogens is 308 g/mol. The lowest BCUT2D eigenvalue weighted by atomic mass is 10.0. The number of carbonyl (C=O) groups excluding carboxylic acids is 2. The lowest BCUT2D eigenvalue weighted by Crippen LogP contribution is -2.28. The van der Waals surface area contributed by atoms with Crippen LogP contribution in [0.5, 0.6) is 0 Å². The zero-order chi connectivity index (χ0) is 16.4. The van der Waals surface area contributed by atoms with Gasteiger partial charge in [-0.15, -0.1) is 11.8 Å². The van der Waals surface area contributed by atoms with Crippen molar-refractivity contribution < 1.29 is 12.4 Å². The fourth-order valence-electron chi connectivity index (χ4n) is 2.65. The number of benzene rings is 1. The Morgan fingerprint density at radius 3 is 3.04 bits per heavy atom. The van der Waals surface area contributed by atoms with Crippen molar-refractivity contribution in [3.8, 4) is 0 Å². The van der Waals surface area contributed by atoms with Gasteiger partial charge in [0, 0.05) is 19.0 Å². The maximum absolute atomic E-state index is 12.5. The number of rotatable bonds is 2. The molecule has 1 aromatic rings. The Bertz CT molecular complexity index is 719. The molecule has 2 amide bonds. The van der Waals surface area contributed by atoms with Gasteiger partial charge in [0.1, 0.15) is 0 Å². The molecule has 2 aliphatic rings. The summed E-state index contributed by atoms with van der Waals surface area (Å²) >= 11 is 1.51. The van der Waals surface area contributed by atoms with Crippen molar-refractivity contribution in [2.24, 2.45) is 5.92 Å². The number of thioether (sulfide) groups is 1. The molecule has 2 N–H and O–H groups in total. The molecule has 124 valence electrons. The van der Waals surface area contributed by atoms with E-state index in [0.29, 0.717) is 17.2 Å². The molecule has 5 heteroatoms. The number of allylic oxidation sites excluding steroid dienone is 4. The van der Waals surface area contributed by atoms with E-state index < -0.39 is 0 Å². The third-order valence-electron chi connectivity index (χ3n) is 4.14. The molecule has 0 saturated heterocycles. The largest absolute Gasteiger partial charge is 0.325 e. The van der Waals surface area contributed by atoms with Gasteiger partial charge in [-0.2, -0.15) is 0 Å². The Hall–Kier alpha value is -2.01. The fourth-order valence-corrected chi connectivity index (χ4v) is 3.58. The zero-order valence-corrected chi connectivity index (χ0v) is 14.1. The first-order valence-corrected chi connectivity index (χ1v) is 8.72. The topological polar surface area (TPSA) is 58.2 Å². The molecule has 0 bridgehead atoms. The number of nitrogens with one attached hydrogen (secondary N) is 2. The maximum atomic E-state index is 12.5. The zero-order valence-electron chi connectivity index (χ0n) is 13.3. The van der Waals surface area contributed by atoms with Crippen molar-refractivity contribution in [2.45, 2.75) is 36.8 Å². The second-order valence-corrected chi connectivity index (χ2v) is 7.33. The van der Waals surface area contributed by atoms with E-state index in [2.05, 4.69) is 23.6 Å². The van der Waals surface area contributed by atoms with E-state index in [4.69, 9.17) is 0 Å². The molecule has 0 saturated carbocycles. The highest BCUT2D eigenvalue weighted by Crippen LogP contribution is 2.36. The van der Waals surface area contributed by atoms with E-state index in [0.717, 1.165) is 23.4 Å². The summed E-state index contributed by atoms with van der Waals surface area (Å²) in [6, 6.07) is 5.46. The maximum Gasteiger partial charge on any atom is 0.255 e. The summed E-state index contributed by atoms with van der Waals surface area (Å²) in [5.41, 5.74) is 2.21. The number of fused-ring (bicyclic) bond motifs is 1. The van der Waals surface area contributed by atoms with Crippen LogP contribution in [0.4, 0.5) is 5.69 Å². The molecule has 1 heterocycles. The third kappa shape index (κ3) is 3.50. The predicted octanol–water partition coefficient (Wildman–Crippen LogP) is 4.21. The van der Waals surface area contributed by atoms with Crippen LogP contribution in [0.2, 0.25) is 0 Å². The van der Waals surface area contributed by atoms with E-state index in [1.165, 1.54) is 11.8 Å². The first-order valence-electron chi connectivity index (χ1n) is 7.84. The van der Waals surface area contributed by atoms with Crippen LogP contribution in [0.1, 0.15) is 39.9 Å². The van der Waals surface area contributed by atoms with Crippen LogP contribution in [0.25, 0.3) is 0 Å². The Labute approximate surface area is 143 Å². The minimum Gasteiger partial charge on any atom is -0.325 e. The summed E-state index contributed by atoms with van der Waals surface area (Å²) in [6.07, 6.45) is 8.12. The first-order chi connectivity index (χ1) is 11.0. The summed E-state index contributed by atoms with van der Waals surface area (Å²) in [5, 5.41) is 5.76. The van der Waals surface area contributed by atoms with Gasteiger partial charge in [0.25, 0.3) is 5.91 Å². The lowest BCUT2D eigenvalue weighted by Gasteiger charge is -2.22. The quantitative estimate of drug-likeness (QED) is 0.853. The van der Waals surface area contributed by atoms with Crippen LogP contribution in [-0.2, 0) is 4.79 Å². The van der Waals surface area contributed by atoms with Gasteiger partial charge in [-0.25, -0.2) is 0 Å². The number of anilines is 1. The number of carbonyl (C=O) groups is 2. The van der Waals surface area contributed by atoms with Gasteiger partial charge in [0.15, 0.2) is 0 Å². The highest BCUT2D eigenvalue weighted by atomic mass is 32.2. The van der Waals surface area contributed by atoms with Gasteiger partial charge < -0.3 is 10.6 Å². The van der Waals surface area contributed by atoms with Gasteiger partial charge in [0.2, 0.25) is 5.91 Å². The SMILES string of the molecule is CC1CCC=CC=C1NC(=O)c1ccc2c(c1)NC(=O)C(C)S2.[HH].[HH]. The minimum absolute atomic E-state index is 0. The van der Waals surface area contributed by atoms with Gasteiger partial charge in [-0.05, 0) is 50.0 Å². The normalized spacial score (nSPS) is 23.4. The number of hydrogen-bond donors (Lipinski definition) is 2. The van der Waals surface area contributed by atoms with Crippen molar-refractivity contribution in [1.29, 1.82) is 0 Å². The number of amides is 2. The molecule has 2 atom stereocenters. The van der Waals surface area contributed by atoms with Crippen molar-refractivity contribution in [2.75, 3.05) is 5.32 Å². The van der Waals surface area contributed by atoms with E-state index in [1.54, 1.807) is 6.07 Å². The van der Waals surface area contributed by atoms with Gasteiger partial charge in [-0.1, -0.05) is 19.1 Å². The predicted molar refractivity (Wildman–Crippen MR) is 97.7 cm³/mol. The minimum atomic E-state index is -0.140. The molecule has 0 radical (unpaired) electrons. The monoisotopic (exact) mass is 332 g/mol. The van der Waals surface area contributed by atoms with Crippen LogP contribution >= 0.6 is 11.8 Å². The van der Waals surface area contributed by atoms with Crippen LogP contribution in [0.15, 0.2) is 47.0 Å². The molecule has 4 nitrogen and oxygen atoms in total. The standard InChI is InChI=1S/C18H20N2O2S.2H2/c1-11-6-4-3-5-7-14(11)19-18(22)13-8-9-16-15(10-13)20-17(21)12(2)23-16;;/h3,5,7-12H,4,6H2,1-2H3,(H,19,22)(H,20,21);2*1H. The third-order valence-corrected chi connectivity index (χ3v) is 5.32. The van der Waals surface area contributed by atoms with Gasteiger partial charge in [0.05, 0.1) is 10.9 Å². The Morgan fingerprint density at radius 2 is 2.22 bits per heavy atom. The Kier molecular flexibility index (Phi) is 4.57. The molecule has 0 spiro atoms. The molecule has 0 aromatic heterocycles. The molecule has 1 aromatic carbocycles. The summed E-state index contributed by atoms with van der Waals surface area (Å²) in [5.74, 6) is 0.159. The molecule has 1 aliphatic carbocycles. The average molecular weight is 332 g/mol. The highest BCUT2D eigenvalue weighted by molar-refractivity contribution is 8.00. The highest BCUT2D eigenvalue weighted by Gasteiger charge is 2.24. The van der Waals surface area contributed by atoms with E-state index in [1.807, 2.05) is 31.2 Å². The molecular formula is C18H24N2O2S. The average Bonchev–Trinajstić information content (AvgIpc) is 2.73. The van der Waals surface area contributed by atoms with Crippen LogP contribution in [-0.4, -0.2) is 17.1 Å². The summed E-state index contributed by atoms with van der Waals surface area (Å²) < 4.78 is 0. The second kappa shape index (κ2) is 6.62. The Morgan fingerprint density at radius 1 is 1.39 bits per heavy atom. The van der Waals surface area contributed by atoms with E-state index in [9.17, 15) is 9.59 Å². The Balaban J connectivity index is 0.00000156. The molecule has 0 fully saturated rings. The fraction of sp³-hybridized carbons (Fsp3) is 0.333. The van der Waals surface area contributed by atoms with E-state index in [-0.39, 0.29) is 19.9 Å². The lowest BCUT2D eigenvalue weighted by molar-refractivity contribution is -0.115. The van der Waals surface area contributed by atoms with Crippen molar-refractivity contribution in [1.82, 2.24) is 5.32 Å². The van der Waals surface area contributed by atoms with Gasteiger partial charge in [-0.3, -0.25) is 9.59 Å². The van der Waals surface area contributed by atoms with E-state index >= 15 is 0 Å². The summed E-state index contributed by atoms with van der Waals surface area (Å²) in [4.78, 5) is 25.3. The molecule has 1 aliphatic heterocycles. The summed E-state index contributed by atoms with van der Waals surface area (Å²) in [6.45, 7) is 3.99. The summed E-state index contributed by atoms with van der Waals surface area (Å²) in [7, 11) is 0. The first kappa shape index (κ1) is 15.9. The van der Waals surface area contributed by atoms with Crippen molar-refractivity contribution >= 4 is 29.3 Å². The molecule has 2 unspecified atom stereocenters. The number of hydrogen-bond acceptors (Lipinski definition) is 3. The molecule has 23 heavy (non-hydrogen) atoms. The van der Waals surface area contributed by atoms with Crippen molar-refractivity contribution in [3.63, 3.8) is 0 Å². The van der Waals surface area contributed by atoms with Crippen LogP contribution < -0.4 is 10.6 Å². The van der Waals surface area contributed by atoms with Crippen LogP contribution in [0, 0.1) is 5.92 Å². The van der Waals surface area contributed by atoms with Crippen molar-refractivity contribution in [3.05, 3.63) is 47.7 Å².